The first-order valence-electron chi connectivity index (χ1n) is 7.02. The predicted molar refractivity (Wildman–Crippen MR) is 79.1 cm³/mol. The van der Waals surface area contributed by atoms with Crippen molar-refractivity contribution >= 4 is 11.5 Å². The highest BCUT2D eigenvalue weighted by atomic mass is 16.6. The van der Waals surface area contributed by atoms with Gasteiger partial charge in [0, 0.05) is 25.2 Å². The first-order valence-corrected chi connectivity index (χ1v) is 7.02. The standard InChI is InChI=1S/C14H19N5O2/c1-16-10-3-5-11(6-4-10)18(2)14-8-7-13(19(20)21)12(9-15)17-14/h7-8,10-11,16H,3-6H2,1-2H3. The van der Waals surface area contributed by atoms with Crippen LogP contribution in [0.4, 0.5) is 11.5 Å². The van der Waals surface area contributed by atoms with Gasteiger partial charge in [-0.15, -0.1) is 0 Å². The van der Waals surface area contributed by atoms with E-state index in [1.54, 1.807) is 12.1 Å². The molecule has 1 heterocycles. The average molecular weight is 289 g/mol. The number of anilines is 1. The zero-order valence-electron chi connectivity index (χ0n) is 12.2. The maximum atomic E-state index is 10.8. The van der Waals surface area contributed by atoms with E-state index in [9.17, 15) is 10.1 Å². The summed E-state index contributed by atoms with van der Waals surface area (Å²) in [5, 5.41) is 23.1. The molecular formula is C14H19N5O2. The topological polar surface area (TPSA) is 95.1 Å². The van der Waals surface area contributed by atoms with Gasteiger partial charge in [-0.2, -0.15) is 5.26 Å². The molecule has 0 aliphatic heterocycles. The molecule has 1 aromatic rings. The van der Waals surface area contributed by atoms with E-state index in [0.717, 1.165) is 25.7 Å². The van der Waals surface area contributed by atoms with Gasteiger partial charge in [0.05, 0.1) is 4.92 Å². The third-order valence-corrected chi connectivity index (χ3v) is 4.18. The Morgan fingerprint density at radius 2 is 2.10 bits per heavy atom. The largest absolute Gasteiger partial charge is 0.357 e. The van der Waals surface area contributed by atoms with Gasteiger partial charge >= 0.3 is 5.69 Å². The van der Waals surface area contributed by atoms with E-state index in [1.165, 1.54) is 6.07 Å². The van der Waals surface area contributed by atoms with Crippen molar-refractivity contribution < 1.29 is 4.92 Å². The van der Waals surface area contributed by atoms with Gasteiger partial charge in [-0.1, -0.05) is 0 Å². The molecule has 7 nitrogen and oxygen atoms in total. The maximum absolute atomic E-state index is 10.8. The van der Waals surface area contributed by atoms with Gasteiger partial charge in [-0.05, 0) is 38.8 Å². The van der Waals surface area contributed by atoms with Crippen molar-refractivity contribution in [2.75, 3.05) is 19.0 Å². The first-order chi connectivity index (χ1) is 10.1. The van der Waals surface area contributed by atoms with Crippen LogP contribution in [0, 0.1) is 21.4 Å². The molecule has 0 saturated heterocycles. The van der Waals surface area contributed by atoms with Gasteiger partial charge in [0.2, 0.25) is 5.69 Å². The van der Waals surface area contributed by atoms with Gasteiger partial charge in [-0.3, -0.25) is 10.1 Å². The van der Waals surface area contributed by atoms with E-state index in [-0.39, 0.29) is 11.4 Å². The molecule has 1 aliphatic rings. The molecule has 1 aliphatic carbocycles. The van der Waals surface area contributed by atoms with Crippen LogP contribution in [-0.2, 0) is 0 Å². The molecule has 0 aromatic carbocycles. The molecule has 112 valence electrons. The average Bonchev–Trinajstić information content (AvgIpc) is 2.53. The highest BCUT2D eigenvalue weighted by molar-refractivity contribution is 5.51. The summed E-state index contributed by atoms with van der Waals surface area (Å²) in [4.78, 5) is 16.4. The molecule has 0 bridgehead atoms. The number of aromatic nitrogens is 1. The van der Waals surface area contributed by atoms with Gasteiger partial charge in [0.1, 0.15) is 11.9 Å². The number of pyridine rings is 1. The molecule has 21 heavy (non-hydrogen) atoms. The van der Waals surface area contributed by atoms with Gasteiger partial charge in [0.15, 0.2) is 0 Å². The van der Waals surface area contributed by atoms with E-state index in [4.69, 9.17) is 5.26 Å². The summed E-state index contributed by atoms with van der Waals surface area (Å²) in [5.74, 6) is 0.616. The Morgan fingerprint density at radius 3 is 2.62 bits per heavy atom. The Morgan fingerprint density at radius 1 is 1.43 bits per heavy atom. The lowest BCUT2D eigenvalue weighted by Crippen LogP contribution is -2.40. The summed E-state index contributed by atoms with van der Waals surface area (Å²) in [7, 11) is 3.91. The highest BCUT2D eigenvalue weighted by Crippen LogP contribution is 2.27. The van der Waals surface area contributed by atoms with E-state index in [1.807, 2.05) is 19.0 Å². The molecule has 1 saturated carbocycles. The zero-order valence-corrected chi connectivity index (χ0v) is 12.2. The van der Waals surface area contributed by atoms with E-state index in [0.29, 0.717) is 17.9 Å². The highest BCUT2D eigenvalue weighted by Gasteiger charge is 2.25. The molecule has 1 aromatic heterocycles. The van der Waals surface area contributed by atoms with Crippen LogP contribution in [0.15, 0.2) is 12.1 Å². The number of nitriles is 1. The lowest BCUT2D eigenvalue weighted by molar-refractivity contribution is -0.385. The van der Waals surface area contributed by atoms with Gasteiger partial charge in [-0.25, -0.2) is 4.98 Å². The van der Waals surface area contributed by atoms with Crippen molar-refractivity contribution in [3.05, 3.63) is 27.9 Å². The lowest BCUT2D eigenvalue weighted by Gasteiger charge is -2.35. The summed E-state index contributed by atoms with van der Waals surface area (Å²) in [6.07, 6.45) is 4.29. The fourth-order valence-corrected chi connectivity index (χ4v) is 2.81. The van der Waals surface area contributed by atoms with Crippen molar-refractivity contribution in [1.29, 1.82) is 5.26 Å². The van der Waals surface area contributed by atoms with E-state index >= 15 is 0 Å². The molecule has 1 fully saturated rings. The Bertz CT molecular complexity index is 561. The van der Waals surface area contributed by atoms with Crippen molar-refractivity contribution in [3.63, 3.8) is 0 Å². The minimum Gasteiger partial charge on any atom is -0.357 e. The number of nitrogens with zero attached hydrogens (tertiary/aromatic N) is 4. The quantitative estimate of drug-likeness (QED) is 0.671. The van der Waals surface area contributed by atoms with Crippen molar-refractivity contribution in [3.8, 4) is 6.07 Å². The fourth-order valence-electron chi connectivity index (χ4n) is 2.81. The van der Waals surface area contributed by atoms with Gasteiger partial charge < -0.3 is 10.2 Å². The first kappa shape index (κ1) is 15.2. The summed E-state index contributed by atoms with van der Waals surface area (Å²) < 4.78 is 0. The number of hydrogen-bond acceptors (Lipinski definition) is 6. The molecule has 0 radical (unpaired) electrons. The molecule has 0 unspecified atom stereocenters. The summed E-state index contributed by atoms with van der Waals surface area (Å²) in [6.45, 7) is 0. The van der Waals surface area contributed by atoms with Crippen molar-refractivity contribution in [2.45, 2.75) is 37.8 Å². The van der Waals surface area contributed by atoms with E-state index in [2.05, 4.69) is 10.3 Å². The number of hydrogen-bond donors (Lipinski definition) is 1. The fraction of sp³-hybridized carbons (Fsp3) is 0.571. The Hall–Kier alpha value is -2.20. The second-order valence-corrected chi connectivity index (χ2v) is 5.31. The summed E-state index contributed by atoms with van der Waals surface area (Å²) >= 11 is 0. The second-order valence-electron chi connectivity index (χ2n) is 5.31. The van der Waals surface area contributed by atoms with Crippen LogP contribution in [0.2, 0.25) is 0 Å². The minimum atomic E-state index is -0.576. The van der Waals surface area contributed by atoms with Crippen LogP contribution in [0.1, 0.15) is 31.4 Å². The number of nitrogens with one attached hydrogen (secondary N) is 1. The SMILES string of the molecule is CNC1CCC(N(C)c2ccc([N+](=O)[O-])c(C#N)n2)CC1. The normalized spacial score (nSPS) is 21.6. The number of rotatable bonds is 4. The Labute approximate surface area is 123 Å². The Balaban J connectivity index is 2.15. The van der Waals surface area contributed by atoms with Crippen LogP contribution < -0.4 is 10.2 Å². The summed E-state index contributed by atoms with van der Waals surface area (Å²) in [6, 6.07) is 5.69. The Kier molecular flexibility index (Phi) is 4.70. The van der Waals surface area contributed by atoms with Crippen LogP contribution in [0.3, 0.4) is 0 Å². The lowest BCUT2D eigenvalue weighted by atomic mass is 9.90. The zero-order chi connectivity index (χ0) is 15.4. The minimum absolute atomic E-state index is 0.131. The van der Waals surface area contributed by atoms with Crippen LogP contribution in [0.5, 0.6) is 0 Å². The molecule has 1 N–H and O–H groups in total. The van der Waals surface area contributed by atoms with Crippen molar-refractivity contribution in [2.24, 2.45) is 0 Å². The molecular weight excluding hydrogens is 270 g/mol. The predicted octanol–water partition coefficient (Wildman–Crippen LogP) is 1.83. The van der Waals surface area contributed by atoms with E-state index < -0.39 is 4.92 Å². The molecule has 0 amide bonds. The smallest absolute Gasteiger partial charge is 0.305 e. The second kappa shape index (κ2) is 6.50. The molecule has 0 atom stereocenters. The van der Waals surface area contributed by atoms with Crippen LogP contribution >= 0.6 is 0 Å². The van der Waals surface area contributed by atoms with Crippen molar-refractivity contribution in [1.82, 2.24) is 10.3 Å². The monoisotopic (exact) mass is 289 g/mol. The third kappa shape index (κ3) is 3.28. The summed E-state index contributed by atoms with van der Waals surface area (Å²) in [5.41, 5.74) is -0.373. The molecule has 2 rings (SSSR count). The third-order valence-electron chi connectivity index (χ3n) is 4.18. The molecule has 0 spiro atoms. The van der Waals surface area contributed by atoms with Gasteiger partial charge in [0.25, 0.3) is 0 Å². The number of nitro groups is 1. The van der Waals surface area contributed by atoms with Crippen LogP contribution in [-0.4, -0.2) is 36.1 Å². The van der Waals surface area contributed by atoms with Crippen LogP contribution in [0.25, 0.3) is 0 Å². The molecule has 7 heteroatoms. The maximum Gasteiger partial charge on any atom is 0.305 e.